The molecule has 4 aromatic heterocycles. The number of carbonyl (C=O) groups excluding carboxylic acids is 4. The normalized spacial score (nSPS) is 22.4. The van der Waals surface area contributed by atoms with Crippen LogP contribution in [-0.2, 0) is 30.2 Å². The van der Waals surface area contributed by atoms with Gasteiger partial charge >= 0.3 is 12.2 Å². The van der Waals surface area contributed by atoms with Gasteiger partial charge in [-0.25, -0.2) is 23.9 Å². The van der Waals surface area contributed by atoms with Crippen molar-refractivity contribution in [1.82, 2.24) is 44.9 Å². The standard InChI is InChI=1S/C54H62FN9O8S/c1-28(2)46(60-53(67)69-4)50(65)62-17-6-8-40(62)49-57-27-38(59-49)33-23-36(55)45-42-24-34-22-31(12-14-39(34)64(42)52(72-43(45)25-33)44-15-13-35(73-44)21-30-10-11-30)37-26-56-48(58-37)41-9-7-18-63(41)51(66)47(61-54(68)70-5)32-16-19-71-29(3)20-32/h12-15,22-30,32,40-41,46-47,52H,6-11,16-21H2,1-5H3,(H,56,58)(H,57,59)(H,60,67)(H,61,68)/t29-,32?,40+,41+,46?,47?,52?/m1/s1. The summed E-state index contributed by atoms with van der Waals surface area (Å²) in [5, 5.41) is 6.43. The first kappa shape index (κ1) is 48.5. The van der Waals surface area contributed by atoms with Crippen molar-refractivity contribution in [2.24, 2.45) is 17.8 Å². The molecule has 73 heavy (non-hydrogen) atoms. The lowest BCUT2D eigenvalue weighted by molar-refractivity contribution is -0.137. The van der Waals surface area contributed by atoms with Crippen LogP contribution >= 0.6 is 11.3 Å². The molecule has 4 unspecified atom stereocenters. The fourth-order valence-corrected chi connectivity index (χ4v) is 12.6. The number of fused-ring (bicyclic) bond motifs is 5. The van der Waals surface area contributed by atoms with Gasteiger partial charge in [-0.15, -0.1) is 11.3 Å². The van der Waals surface area contributed by atoms with Gasteiger partial charge in [-0.05, 0) is 125 Å². The van der Waals surface area contributed by atoms with Gasteiger partial charge in [0.15, 0.2) is 0 Å². The molecule has 3 saturated heterocycles. The second-order valence-electron chi connectivity index (χ2n) is 20.6. The van der Waals surface area contributed by atoms with E-state index in [4.69, 9.17) is 28.9 Å². The first-order chi connectivity index (χ1) is 35.3. The molecule has 5 aliphatic rings. The van der Waals surface area contributed by atoms with Crippen molar-refractivity contribution in [2.75, 3.05) is 33.9 Å². The van der Waals surface area contributed by atoms with Crippen LogP contribution < -0.4 is 15.4 Å². The number of methoxy groups -OCH3 is 2. The maximum atomic E-state index is 17.0. The van der Waals surface area contributed by atoms with Crippen molar-refractivity contribution in [3.63, 3.8) is 0 Å². The Morgan fingerprint density at radius 1 is 0.836 bits per heavy atom. The SMILES string of the molecule is COC(=O)NC(C(=O)N1CCC[C@H]1c1ncc(-c2cc(F)c3c(c2)OC(c2ccc(CC4CC4)s2)n2c-3cc3cc(-c4cnc([C@@H]5CCCN5C(=O)C(NC(=O)OC)C5CCO[C@H](C)C5)[nH]4)ccc32)[nH]1)C(C)C. The number of aromatic nitrogens is 5. The van der Waals surface area contributed by atoms with Crippen LogP contribution in [-0.4, -0.2) is 110 Å². The molecule has 4 N–H and O–H groups in total. The lowest BCUT2D eigenvalue weighted by atomic mass is 9.88. The molecule has 0 spiro atoms. The smallest absolute Gasteiger partial charge is 0.407 e. The molecule has 1 aliphatic carbocycles. The van der Waals surface area contributed by atoms with Crippen molar-refractivity contribution in [3.05, 3.63) is 88.1 Å². The number of amides is 4. The number of carbonyl (C=O) groups is 4. The number of imidazole rings is 2. The summed E-state index contributed by atoms with van der Waals surface area (Å²) >= 11 is 1.73. The first-order valence-corrected chi connectivity index (χ1v) is 26.4. The zero-order chi connectivity index (χ0) is 50.7. The Hall–Kier alpha value is -6.73. The molecule has 7 atom stereocenters. The van der Waals surface area contributed by atoms with E-state index in [1.54, 1.807) is 28.6 Å². The van der Waals surface area contributed by atoms with Crippen LogP contribution in [0.1, 0.15) is 112 Å². The van der Waals surface area contributed by atoms with Gasteiger partial charge < -0.3 is 49.3 Å². The Morgan fingerprint density at radius 2 is 1.52 bits per heavy atom. The van der Waals surface area contributed by atoms with Gasteiger partial charge in [0.1, 0.15) is 35.3 Å². The second kappa shape index (κ2) is 19.9. The molecule has 384 valence electrons. The van der Waals surface area contributed by atoms with Crippen LogP contribution in [0, 0.1) is 23.6 Å². The van der Waals surface area contributed by atoms with Crippen LogP contribution in [0.3, 0.4) is 0 Å². The molecule has 11 rings (SSSR count). The van der Waals surface area contributed by atoms with E-state index in [9.17, 15) is 19.2 Å². The minimum atomic E-state index is -0.771. The molecule has 19 heteroatoms. The number of aromatic amines is 2. The molecular formula is C54H62FN9O8S. The summed E-state index contributed by atoms with van der Waals surface area (Å²) in [6.45, 7) is 7.30. The predicted molar refractivity (Wildman–Crippen MR) is 271 cm³/mol. The van der Waals surface area contributed by atoms with E-state index >= 15 is 4.39 Å². The highest BCUT2D eigenvalue weighted by Gasteiger charge is 2.42. The van der Waals surface area contributed by atoms with Crippen LogP contribution in [0.4, 0.5) is 14.0 Å². The molecule has 6 aromatic rings. The van der Waals surface area contributed by atoms with Gasteiger partial charge in [-0.2, -0.15) is 0 Å². The summed E-state index contributed by atoms with van der Waals surface area (Å²) in [7, 11) is 2.57. The molecule has 1 saturated carbocycles. The molecule has 8 heterocycles. The average Bonchev–Trinajstić information content (AvgIpc) is 4.12. The quantitative estimate of drug-likeness (QED) is 0.0865. The summed E-state index contributed by atoms with van der Waals surface area (Å²) in [6, 6.07) is 13.7. The number of ether oxygens (including phenoxy) is 4. The van der Waals surface area contributed by atoms with Crippen LogP contribution in [0.15, 0.2) is 60.9 Å². The van der Waals surface area contributed by atoms with Crippen molar-refractivity contribution in [3.8, 4) is 39.5 Å². The van der Waals surface area contributed by atoms with Gasteiger partial charge in [-0.3, -0.25) is 14.2 Å². The Kier molecular flexibility index (Phi) is 13.3. The molecule has 0 radical (unpaired) electrons. The Morgan fingerprint density at radius 3 is 2.19 bits per heavy atom. The van der Waals surface area contributed by atoms with E-state index in [1.165, 1.54) is 38.0 Å². The van der Waals surface area contributed by atoms with E-state index in [-0.39, 0.29) is 41.8 Å². The van der Waals surface area contributed by atoms with E-state index in [0.717, 1.165) is 52.7 Å². The van der Waals surface area contributed by atoms with Crippen LogP contribution in [0.25, 0.3) is 44.7 Å². The Labute approximate surface area is 426 Å². The number of benzene rings is 2. The molecule has 4 fully saturated rings. The topological polar surface area (TPSA) is 198 Å². The minimum Gasteiger partial charge on any atom is -0.464 e. The number of nitrogens with zero attached hydrogens (tertiary/aromatic N) is 5. The number of halogens is 1. The van der Waals surface area contributed by atoms with Gasteiger partial charge in [0, 0.05) is 41.1 Å². The molecular weight excluding hydrogens is 954 g/mol. The van der Waals surface area contributed by atoms with Crippen molar-refractivity contribution >= 4 is 46.2 Å². The van der Waals surface area contributed by atoms with Crippen molar-refractivity contribution in [1.29, 1.82) is 0 Å². The summed E-state index contributed by atoms with van der Waals surface area (Å²) < 4.78 is 41.6. The molecule has 4 amide bonds. The lowest BCUT2D eigenvalue weighted by Gasteiger charge is -2.36. The third kappa shape index (κ3) is 9.45. The highest BCUT2D eigenvalue weighted by Crippen LogP contribution is 2.49. The van der Waals surface area contributed by atoms with Gasteiger partial charge in [-0.1, -0.05) is 19.9 Å². The Bertz CT molecular complexity index is 3070. The number of rotatable bonds is 13. The van der Waals surface area contributed by atoms with Gasteiger partial charge in [0.25, 0.3) is 0 Å². The van der Waals surface area contributed by atoms with Gasteiger partial charge in [0.05, 0.1) is 77.8 Å². The monoisotopic (exact) mass is 1020 g/mol. The number of H-pyrrole nitrogens is 2. The molecule has 0 bridgehead atoms. The lowest BCUT2D eigenvalue weighted by Crippen LogP contribution is -2.53. The fourth-order valence-electron chi connectivity index (χ4n) is 11.4. The summed E-state index contributed by atoms with van der Waals surface area (Å²) in [5.74, 6) is 1.27. The van der Waals surface area contributed by atoms with Crippen LogP contribution in [0.5, 0.6) is 5.75 Å². The van der Waals surface area contributed by atoms with Crippen molar-refractivity contribution < 1.29 is 42.5 Å². The Balaban J connectivity index is 0.896. The van der Waals surface area contributed by atoms with E-state index in [1.807, 2.05) is 49.9 Å². The van der Waals surface area contributed by atoms with Crippen LogP contribution in [0.2, 0.25) is 0 Å². The number of thiophene rings is 1. The molecule has 2 aromatic carbocycles. The number of likely N-dealkylation sites (tertiary alicyclic amines) is 2. The van der Waals surface area contributed by atoms with Crippen molar-refractivity contribution in [2.45, 2.75) is 115 Å². The zero-order valence-electron chi connectivity index (χ0n) is 41.7. The predicted octanol–water partition coefficient (Wildman–Crippen LogP) is 9.43. The average molecular weight is 1020 g/mol. The molecule has 17 nitrogen and oxygen atoms in total. The number of hydrogen-bond acceptors (Lipinski definition) is 11. The summed E-state index contributed by atoms with van der Waals surface area (Å²) in [4.78, 5) is 75.3. The van der Waals surface area contributed by atoms with E-state index in [0.29, 0.717) is 84.8 Å². The maximum Gasteiger partial charge on any atom is 0.407 e. The molecule has 4 aliphatic heterocycles. The largest absolute Gasteiger partial charge is 0.464 e. The first-order valence-electron chi connectivity index (χ1n) is 25.6. The number of alkyl carbamates (subject to hydrolysis) is 2. The number of nitrogens with one attached hydrogen (secondary N) is 4. The van der Waals surface area contributed by atoms with E-state index in [2.05, 4.69) is 43.4 Å². The summed E-state index contributed by atoms with van der Waals surface area (Å²) in [6.07, 6.45) is 9.32. The second-order valence-corrected chi connectivity index (χ2v) is 21.8. The summed E-state index contributed by atoms with van der Waals surface area (Å²) in [5.41, 5.74) is 4.70. The third-order valence-electron chi connectivity index (χ3n) is 15.4. The van der Waals surface area contributed by atoms with Gasteiger partial charge in [0.2, 0.25) is 18.0 Å². The van der Waals surface area contributed by atoms with E-state index < -0.39 is 36.3 Å². The third-order valence-corrected chi connectivity index (χ3v) is 16.5. The highest BCUT2D eigenvalue weighted by molar-refractivity contribution is 7.12. The minimum absolute atomic E-state index is 0.0265. The fraction of sp³-hybridized carbons (Fsp3) is 0.481. The number of hydrogen-bond donors (Lipinski definition) is 4. The highest BCUT2D eigenvalue weighted by atomic mass is 32.1. The zero-order valence-corrected chi connectivity index (χ0v) is 42.6. The maximum absolute atomic E-state index is 17.0.